The first-order chi connectivity index (χ1) is 12.0. The highest BCUT2D eigenvalue weighted by molar-refractivity contribution is 6.31. The molecule has 1 fully saturated rings. The van der Waals surface area contributed by atoms with Crippen LogP contribution in [0.3, 0.4) is 0 Å². The molecule has 0 radical (unpaired) electrons. The minimum Gasteiger partial charge on any atom is -0.490 e. The second kappa shape index (κ2) is 7.48. The zero-order valence-electron chi connectivity index (χ0n) is 14.5. The monoisotopic (exact) mass is 363 g/mol. The fourth-order valence-corrected chi connectivity index (χ4v) is 3.58. The Balaban J connectivity index is 2.15. The number of halogens is 1. The van der Waals surface area contributed by atoms with Crippen molar-refractivity contribution in [3.05, 3.63) is 39.3 Å². The molecule has 1 heterocycles. The van der Waals surface area contributed by atoms with Gasteiger partial charge in [-0.15, -0.1) is 0 Å². The Bertz CT molecular complexity index is 853. The fourth-order valence-electron chi connectivity index (χ4n) is 3.41. The van der Waals surface area contributed by atoms with Gasteiger partial charge in [0.25, 0.3) is 5.56 Å². The van der Waals surface area contributed by atoms with E-state index in [4.69, 9.17) is 21.1 Å². The number of aromatic nitrogens is 1. The van der Waals surface area contributed by atoms with Crippen molar-refractivity contribution < 1.29 is 14.3 Å². The molecule has 0 atom stereocenters. The minimum atomic E-state index is -0.564. The second-order valence-corrected chi connectivity index (χ2v) is 6.85. The van der Waals surface area contributed by atoms with Crippen LogP contribution in [0, 0.1) is 5.92 Å². The zero-order valence-corrected chi connectivity index (χ0v) is 15.3. The van der Waals surface area contributed by atoms with Gasteiger partial charge in [-0.25, -0.2) is 4.79 Å². The Hall–Kier alpha value is -2.01. The maximum Gasteiger partial charge on any atom is 0.358 e. The highest BCUT2D eigenvalue weighted by atomic mass is 35.5. The number of nitrogens with zero attached hydrogens (tertiary/aromatic N) is 1. The molecule has 2 aromatic rings. The fraction of sp³-hybridized carbons (Fsp3) is 0.474. The molecule has 1 aliphatic rings. The standard InChI is InChI=1S/C19H22ClNO4/c1-3-24-19(23)16-17(25-11-12-6-4-5-7-12)15-10-13(20)8-9-14(15)18(22)21(16)2/h8-10,12H,3-7,11H2,1-2H3. The summed E-state index contributed by atoms with van der Waals surface area (Å²) in [4.78, 5) is 25.1. The SMILES string of the molecule is CCOC(=O)c1c(OCC2CCCC2)c2cc(Cl)ccc2c(=O)n1C. The van der Waals surface area contributed by atoms with Crippen LogP contribution in [0.4, 0.5) is 0 Å². The predicted molar refractivity (Wildman–Crippen MR) is 97.6 cm³/mol. The van der Waals surface area contributed by atoms with E-state index in [-0.39, 0.29) is 17.9 Å². The maximum absolute atomic E-state index is 12.6. The Labute approximate surface area is 151 Å². The van der Waals surface area contributed by atoms with Crippen molar-refractivity contribution in [1.82, 2.24) is 4.57 Å². The number of hydrogen-bond donors (Lipinski definition) is 0. The van der Waals surface area contributed by atoms with E-state index in [0.717, 1.165) is 12.8 Å². The molecule has 134 valence electrons. The van der Waals surface area contributed by atoms with Gasteiger partial charge in [-0.3, -0.25) is 4.79 Å². The van der Waals surface area contributed by atoms with Gasteiger partial charge in [-0.1, -0.05) is 24.4 Å². The summed E-state index contributed by atoms with van der Waals surface area (Å²) in [5.74, 6) is 0.289. The Kier molecular flexibility index (Phi) is 5.33. The minimum absolute atomic E-state index is 0.139. The lowest BCUT2D eigenvalue weighted by molar-refractivity contribution is 0.0507. The third kappa shape index (κ3) is 3.52. The van der Waals surface area contributed by atoms with Crippen LogP contribution >= 0.6 is 11.6 Å². The number of carbonyl (C=O) groups is 1. The number of fused-ring (bicyclic) bond motifs is 1. The van der Waals surface area contributed by atoms with E-state index in [1.54, 1.807) is 32.2 Å². The number of benzene rings is 1. The van der Waals surface area contributed by atoms with Gasteiger partial charge in [0.05, 0.1) is 18.6 Å². The molecule has 0 N–H and O–H groups in total. The van der Waals surface area contributed by atoms with Crippen molar-refractivity contribution >= 4 is 28.3 Å². The molecule has 5 nitrogen and oxygen atoms in total. The average Bonchev–Trinajstić information content (AvgIpc) is 3.10. The molecule has 1 aromatic heterocycles. The second-order valence-electron chi connectivity index (χ2n) is 6.41. The van der Waals surface area contributed by atoms with Crippen molar-refractivity contribution in [2.75, 3.05) is 13.2 Å². The zero-order chi connectivity index (χ0) is 18.0. The molecule has 0 spiro atoms. The van der Waals surface area contributed by atoms with Crippen LogP contribution in [0.1, 0.15) is 43.1 Å². The topological polar surface area (TPSA) is 57.5 Å². The summed E-state index contributed by atoms with van der Waals surface area (Å²) in [5, 5.41) is 1.51. The molecule has 0 amide bonds. The Morgan fingerprint density at radius 2 is 2.00 bits per heavy atom. The van der Waals surface area contributed by atoms with Crippen LogP contribution in [0.5, 0.6) is 5.75 Å². The van der Waals surface area contributed by atoms with Crippen LogP contribution < -0.4 is 10.3 Å². The van der Waals surface area contributed by atoms with E-state index in [0.29, 0.717) is 34.1 Å². The van der Waals surface area contributed by atoms with E-state index >= 15 is 0 Å². The summed E-state index contributed by atoms with van der Waals surface area (Å²) in [7, 11) is 1.56. The van der Waals surface area contributed by atoms with Crippen LogP contribution in [0.25, 0.3) is 10.8 Å². The number of rotatable bonds is 5. The van der Waals surface area contributed by atoms with Gasteiger partial charge in [0.1, 0.15) is 0 Å². The first kappa shape index (κ1) is 17.8. The molecule has 3 rings (SSSR count). The number of esters is 1. The third-order valence-electron chi connectivity index (χ3n) is 4.72. The first-order valence-corrected chi connectivity index (χ1v) is 9.03. The molecule has 1 saturated carbocycles. The number of hydrogen-bond acceptors (Lipinski definition) is 4. The number of carbonyl (C=O) groups excluding carboxylic acids is 1. The highest BCUT2D eigenvalue weighted by Crippen LogP contribution is 2.32. The van der Waals surface area contributed by atoms with Crippen LogP contribution in [0.2, 0.25) is 5.02 Å². The van der Waals surface area contributed by atoms with Crippen molar-refractivity contribution in [2.24, 2.45) is 13.0 Å². The van der Waals surface area contributed by atoms with Crippen LogP contribution in [-0.4, -0.2) is 23.8 Å². The average molecular weight is 364 g/mol. The third-order valence-corrected chi connectivity index (χ3v) is 4.95. The van der Waals surface area contributed by atoms with E-state index in [1.165, 1.54) is 17.4 Å². The Morgan fingerprint density at radius 3 is 2.68 bits per heavy atom. The van der Waals surface area contributed by atoms with Crippen LogP contribution in [-0.2, 0) is 11.8 Å². The van der Waals surface area contributed by atoms with Gasteiger partial charge in [0.15, 0.2) is 11.4 Å². The van der Waals surface area contributed by atoms with E-state index in [9.17, 15) is 9.59 Å². The van der Waals surface area contributed by atoms with Gasteiger partial charge < -0.3 is 14.0 Å². The molecule has 6 heteroatoms. The van der Waals surface area contributed by atoms with Gasteiger partial charge in [-0.2, -0.15) is 0 Å². The lowest BCUT2D eigenvalue weighted by atomic mass is 10.1. The summed E-state index contributed by atoms with van der Waals surface area (Å²) in [6.45, 7) is 2.47. The van der Waals surface area contributed by atoms with E-state index in [1.807, 2.05) is 0 Å². The first-order valence-electron chi connectivity index (χ1n) is 8.65. The molecular weight excluding hydrogens is 342 g/mol. The van der Waals surface area contributed by atoms with Crippen molar-refractivity contribution in [3.63, 3.8) is 0 Å². The Morgan fingerprint density at radius 1 is 1.28 bits per heavy atom. The van der Waals surface area contributed by atoms with E-state index in [2.05, 4.69) is 0 Å². The van der Waals surface area contributed by atoms with Gasteiger partial charge >= 0.3 is 5.97 Å². The molecule has 0 aliphatic heterocycles. The summed E-state index contributed by atoms with van der Waals surface area (Å²) in [6, 6.07) is 5.00. The maximum atomic E-state index is 12.6. The lowest BCUT2D eigenvalue weighted by Gasteiger charge is -2.18. The molecule has 0 unspecified atom stereocenters. The number of pyridine rings is 1. The normalized spacial score (nSPS) is 14.8. The van der Waals surface area contributed by atoms with Crippen molar-refractivity contribution in [2.45, 2.75) is 32.6 Å². The van der Waals surface area contributed by atoms with Crippen LogP contribution in [0.15, 0.2) is 23.0 Å². The molecule has 25 heavy (non-hydrogen) atoms. The predicted octanol–water partition coefficient (Wildman–Crippen LogP) is 3.94. The highest BCUT2D eigenvalue weighted by Gasteiger charge is 2.25. The molecule has 1 aliphatic carbocycles. The summed E-state index contributed by atoms with van der Waals surface area (Å²) in [5.41, 5.74) is -0.137. The molecule has 0 saturated heterocycles. The van der Waals surface area contributed by atoms with Gasteiger partial charge in [0, 0.05) is 17.5 Å². The summed E-state index contributed by atoms with van der Waals surface area (Å²) in [6.07, 6.45) is 4.66. The summed E-state index contributed by atoms with van der Waals surface area (Å²) >= 11 is 6.12. The quantitative estimate of drug-likeness (QED) is 0.755. The lowest BCUT2D eigenvalue weighted by Crippen LogP contribution is -2.26. The van der Waals surface area contributed by atoms with Gasteiger partial charge in [-0.05, 0) is 43.9 Å². The smallest absolute Gasteiger partial charge is 0.358 e. The van der Waals surface area contributed by atoms with Crippen molar-refractivity contribution in [3.8, 4) is 5.75 Å². The van der Waals surface area contributed by atoms with Gasteiger partial charge in [0.2, 0.25) is 0 Å². The van der Waals surface area contributed by atoms with Crippen molar-refractivity contribution in [1.29, 1.82) is 0 Å². The van der Waals surface area contributed by atoms with E-state index < -0.39 is 5.97 Å². The number of ether oxygens (including phenoxy) is 2. The molecule has 1 aromatic carbocycles. The molecule has 0 bridgehead atoms. The molecular formula is C19H22ClNO4. The summed E-state index contributed by atoms with van der Waals surface area (Å²) < 4.78 is 12.5. The largest absolute Gasteiger partial charge is 0.490 e.